The number of aromatic nitrogens is 4. The van der Waals surface area contributed by atoms with Crippen molar-refractivity contribution in [1.29, 1.82) is 0 Å². The zero-order chi connectivity index (χ0) is 21.3. The molecule has 3 aromatic rings. The Balaban J connectivity index is 1.77. The summed E-state index contributed by atoms with van der Waals surface area (Å²) in [7, 11) is 0. The molecule has 0 spiro atoms. The molecule has 1 unspecified atom stereocenters. The summed E-state index contributed by atoms with van der Waals surface area (Å²) in [6.45, 7) is 11.1. The van der Waals surface area contributed by atoms with Crippen LogP contribution in [0.2, 0.25) is 0 Å². The molecule has 3 rings (SSSR count). The number of hydrogen-bond acceptors (Lipinski definition) is 9. The SMILES string of the molecule is CCOC(=O)c1c(C)[nH]c(C(=O)C(C)Sc2nnc(-c3sc(C)nc3C)o2)c1C. The molecule has 0 aliphatic heterocycles. The number of H-pyrrole nitrogens is 1. The number of aromatic amines is 1. The van der Waals surface area contributed by atoms with Crippen molar-refractivity contribution in [2.45, 2.75) is 52.0 Å². The minimum Gasteiger partial charge on any atom is -0.462 e. The molecule has 0 radical (unpaired) electrons. The molecule has 154 valence electrons. The van der Waals surface area contributed by atoms with Crippen LogP contribution in [0.15, 0.2) is 9.64 Å². The van der Waals surface area contributed by atoms with E-state index < -0.39 is 11.2 Å². The van der Waals surface area contributed by atoms with E-state index in [1.54, 1.807) is 27.7 Å². The van der Waals surface area contributed by atoms with Gasteiger partial charge in [-0.3, -0.25) is 4.79 Å². The van der Waals surface area contributed by atoms with Crippen molar-refractivity contribution in [3.05, 3.63) is 33.2 Å². The highest BCUT2D eigenvalue weighted by molar-refractivity contribution is 8.00. The monoisotopic (exact) mass is 434 g/mol. The number of Topliss-reactive ketones (excluding diaryl/α,β-unsaturated/α-hetero) is 1. The third-order valence-corrected chi connectivity index (χ3v) is 6.31. The van der Waals surface area contributed by atoms with Gasteiger partial charge in [-0.05, 0) is 47.1 Å². The largest absolute Gasteiger partial charge is 0.462 e. The molecule has 0 aliphatic rings. The van der Waals surface area contributed by atoms with E-state index in [2.05, 4.69) is 20.2 Å². The first-order valence-electron chi connectivity index (χ1n) is 9.07. The summed E-state index contributed by atoms with van der Waals surface area (Å²) in [6, 6.07) is 0. The number of aryl methyl sites for hydroxylation is 3. The maximum atomic E-state index is 12.9. The molecule has 0 aromatic carbocycles. The van der Waals surface area contributed by atoms with Gasteiger partial charge in [-0.1, -0.05) is 11.8 Å². The fourth-order valence-electron chi connectivity index (χ4n) is 2.99. The van der Waals surface area contributed by atoms with E-state index in [4.69, 9.17) is 9.15 Å². The number of thiazole rings is 1. The highest BCUT2D eigenvalue weighted by atomic mass is 32.2. The van der Waals surface area contributed by atoms with Crippen molar-refractivity contribution in [1.82, 2.24) is 20.2 Å². The molecule has 0 aliphatic carbocycles. The van der Waals surface area contributed by atoms with Crippen molar-refractivity contribution in [3.8, 4) is 10.8 Å². The number of ketones is 1. The maximum absolute atomic E-state index is 12.9. The summed E-state index contributed by atoms with van der Waals surface area (Å²) in [6.07, 6.45) is 0. The predicted octanol–water partition coefficient (Wildman–Crippen LogP) is 4.30. The van der Waals surface area contributed by atoms with E-state index in [9.17, 15) is 9.59 Å². The van der Waals surface area contributed by atoms with E-state index >= 15 is 0 Å². The van der Waals surface area contributed by atoms with Crippen molar-refractivity contribution >= 4 is 34.9 Å². The van der Waals surface area contributed by atoms with Gasteiger partial charge in [0.2, 0.25) is 0 Å². The second kappa shape index (κ2) is 8.50. The van der Waals surface area contributed by atoms with Crippen LogP contribution >= 0.6 is 23.1 Å². The Labute approximate surface area is 176 Å². The Kier molecular flexibility index (Phi) is 6.23. The first kappa shape index (κ1) is 21.3. The molecule has 3 heterocycles. The van der Waals surface area contributed by atoms with Crippen LogP contribution in [0, 0.1) is 27.7 Å². The average molecular weight is 435 g/mol. The van der Waals surface area contributed by atoms with Crippen molar-refractivity contribution in [3.63, 3.8) is 0 Å². The van der Waals surface area contributed by atoms with Gasteiger partial charge in [0.05, 0.1) is 33.8 Å². The second-order valence-corrected chi connectivity index (χ2v) is 8.99. The van der Waals surface area contributed by atoms with Gasteiger partial charge in [-0.2, -0.15) is 0 Å². The summed E-state index contributed by atoms with van der Waals surface area (Å²) in [5, 5.41) is 8.86. The van der Waals surface area contributed by atoms with Gasteiger partial charge in [-0.25, -0.2) is 9.78 Å². The van der Waals surface area contributed by atoms with Gasteiger partial charge in [0.15, 0.2) is 5.78 Å². The predicted molar refractivity (Wildman–Crippen MR) is 111 cm³/mol. The Hall–Kier alpha value is -2.46. The lowest BCUT2D eigenvalue weighted by Crippen LogP contribution is -2.15. The van der Waals surface area contributed by atoms with E-state index in [-0.39, 0.29) is 12.4 Å². The third kappa shape index (κ3) is 4.27. The van der Waals surface area contributed by atoms with E-state index in [1.165, 1.54) is 23.1 Å². The Morgan fingerprint density at radius 1 is 1.24 bits per heavy atom. The van der Waals surface area contributed by atoms with Crippen LogP contribution in [0.25, 0.3) is 10.8 Å². The molecule has 0 saturated carbocycles. The zero-order valence-corrected chi connectivity index (χ0v) is 18.7. The molecule has 10 heteroatoms. The number of nitrogens with zero attached hydrogens (tertiary/aromatic N) is 3. The normalized spacial score (nSPS) is 12.2. The first-order valence-corrected chi connectivity index (χ1v) is 10.8. The number of hydrogen-bond donors (Lipinski definition) is 1. The van der Waals surface area contributed by atoms with Gasteiger partial charge in [0, 0.05) is 5.69 Å². The maximum Gasteiger partial charge on any atom is 0.340 e. The summed E-state index contributed by atoms with van der Waals surface area (Å²) < 4.78 is 10.8. The minimum absolute atomic E-state index is 0.157. The number of esters is 1. The van der Waals surface area contributed by atoms with Crippen LogP contribution in [0.5, 0.6) is 0 Å². The number of carbonyl (C=O) groups is 2. The topological polar surface area (TPSA) is 111 Å². The summed E-state index contributed by atoms with van der Waals surface area (Å²) in [5.41, 5.74) is 2.82. The highest BCUT2D eigenvalue weighted by Gasteiger charge is 2.27. The molecule has 3 aromatic heterocycles. The molecule has 1 atom stereocenters. The van der Waals surface area contributed by atoms with Crippen LogP contribution in [0.1, 0.15) is 56.7 Å². The number of thioether (sulfide) groups is 1. The number of ether oxygens (including phenoxy) is 1. The number of nitrogens with one attached hydrogen (secondary N) is 1. The van der Waals surface area contributed by atoms with Crippen LogP contribution in [-0.4, -0.2) is 43.8 Å². The van der Waals surface area contributed by atoms with Gasteiger partial charge < -0.3 is 14.1 Å². The zero-order valence-electron chi connectivity index (χ0n) is 17.1. The average Bonchev–Trinajstić information content (AvgIpc) is 3.32. The molecule has 29 heavy (non-hydrogen) atoms. The molecular weight excluding hydrogens is 412 g/mol. The standard InChI is InChI=1S/C19H22N4O4S2/c1-7-26-18(25)13-8(2)14(21-9(13)3)15(24)11(5)28-19-23-22-17(27-19)16-10(4)20-12(6)29-16/h11,21H,7H2,1-6H3. The van der Waals surface area contributed by atoms with Gasteiger partial charge in [0.1, 0.15) is 4.88 Å². The molecule has 0 fully saturated rings. The molecule has 8 nitrogen and oxygen atoms in total. The van der Waals surface area contributed by atoms with Crippen LogP contribution in [-0.2, 0) is 4.74 Å². The quantitative estimate of drug-likeness (QED) is 0.333. The fraction of sp³-hybridized carbons (Fsp3) is 0.421. The lowest BCUT2D eigenvalue weighted by molar-refractivity contribution is 0.0525. The number of rotatable bonds is 7. The number of carbonyl (C=O) groups excluding carboxylic acids is 2. The van der Waals surface area contributed by atoms with Crippen LogP contribution in [0.4, 0.5) is 0 Å². The van der Waals surface area contributed by atoms with Crippen molar-refractivity contribution < 1.29 is 18.7 Å². The van der Waals surface area contributed by atoms with Crippen LogP contribution < -0.4 is 0 Å². The van der Waals surface area contributed by atoms with E-state index in [0.717, 1.165) is 15.6 Å². The minimum atomic E-state index is -0.487. The first-order chi connectivity index (χ1) is 13.7. The molecule has 0 amide bonds. The fourth-order valence-corrected chi connectivity index (χ4v) is 4.58. The third-order valence-electron chi connectivity index (χ3n) is 4.31. The Bertz CT molecular complexity index is 1070. The van der Waals surface area contributed by atoms with Gasteiger partial charge >= 0.3 is 5.97 Å². The van der Waals surface area contributed by atoms with E-state index in [0.29, 0.717) is 33.6 Å². The van der Waals surface area contributed by atoms with Crippen molar-refractivity contribution in [2.24, 2.45) is 0 Å². The summed E-state index contributed by atoms with van der Waals surface area (Å²) in [4.78, 5) is 33.3. The molecule has 0 saturated heterocycles. The Morgan fingerprint density at radius 3 is 2.59 bits per heavy atom. The molecule has 1 N–H and O–H groups in total. The summed E-state index contributed by atoms with van der Waals surface area (Å²) in [5.74, 6) is -0.197. The Morgan fingerprint density at radius 2 is 1.97 bits per heavy atom. The van der Waals surface area contributed by atoms with Crippen molar-refractivity contribution in [2.75, 3.05) is 6.61 Å². The molecule has 0 bridgehead atoms. The smallest absolute Gasteiger partial charge is 0.340 e. The lowest BCUT2D eigenvalue weighted by Gasteiger charge is -2.07. The van der Waals surface area contributed by atoms with Gasteiger partial charge in [-0.15, -0.1) is 21.5 Å². The lowest BCUT2D eigenvalue weighted by atomic mass is 10.1. The van der Waals surface area contributed by atoms with Crippen LogP contribution in [0.3, 0.4) is 0 Å². The van der Waals surface area contributed by atoms with Gasteiger partial charge in [0.25, 0.3) is 11.1 Å². The van der Waals surface area contributed by atoms with E-state index in [1.807, 2.05) is 13.8 Å². The summed E-state index contributed by atoms with van der Waals surface area (Å²) >= 11 is 2.66. The second-order valence-electron chi connectivity index (χ2n) is 6.49. The molecular formula is C19H22N4O4S2. The highest BCUT2D eigenvalue weighted by Crippen LogP contribution is 2.32.